The molecule has 1 amide bonds. The van der Waals surface area contributed by atoms with E-state index in [0.717, 1.165) is 12.0 Å². The fourth-order valence-corrected chi connectivity index (χ4v) is 4.22. The van der Waals surface area contributed by atoms with Gasteiger partial charge in [0.05, 0.1) is 25.0 Å². The molecule has 0 atom stereocenters. The first-order valence-electron chi connectivity index (χ1n) is 13.6. The number of carbonyl (C=O) groups excluding carboxylic acids is 2. The van der Waals surface area contributed by atoms with Gasteiger partial charge in [-0.05, 0) is 97.8 Å². The summed E-state index contributed by atoms with van der Waals surface area (Å²) in [5, 5.41) is 5.12. The number of rotatable bonds is 13. The van der Waals surface area contributed by atoms with Crippen LogP contribution in [0.3, 0.4) is 0 Å². The highest BCUT2D eigenvalue weighted by Crippen LogP contribution is 2.29. The van der Waals surface area contributed by atoms with E-state index in [4.69, 9.17) is 42.1 Å². The summed E-state index contributed by atoms with van der Waals surface area (Å²) in [6.07, 6.45) is 2.36. The molecule has 0 aliphatic rings. The zero-order valence-corrected chi connectivity index (χ0v) is 25.2. The molecule has 10 heteroatoms. The van der Waals surface area contributed by atoms with Gasteiger partial charge >= 0.3 is 5.97 Å². The molecule has 0 aliphatic carbocycles. The number of ether oxygens (including phenoxy) is 4. The minimum Gasteiger partial charge on any atom is -0.494 e. The number of amides is 1. The van der Waals surface area contributed by atoms with Crippen LogP contribution in [0.25, 0.3) is 0 Å². The Labute approximate surface area is 260 Å². The summed E-state index contributed by atoms with van der Waals surface area (Å²) >= 11 is 12.1. The molecule has 0 unspecified atom stereocenters. The van der Waals surface area contributed by atoms with E-state index in [1.165, 1.54) is 6.21 Å². The largest absolute Gasteiger partial charge is 0.494 e. The lowest BCUT2D eigenvalue weighted by Gasteiger charge is -2.12. The van der Waals surface area contributed by atoms with Gasteiger partial charge in [0.1, 0.15) is 18.1 Å². The van der Waals surface area contributed by atoms with E-state index in [0.29, 0.717) is 57.2 Å². The van der Waals surface area contributed by atoms with Gasteiger partial charge in [-0.3, -0.25) is 4.79 Å². The Balaban J connectivity index is 1.32. The van der Waals surface area contributed by atoms with Crippen LogP contribution >= 0.6 is 23.2 Å². The zero-order chi connectivity index (χ0) is 30.6. The molecule has 222 valence electrons. The van der Waals surface area contributed by atoms with Gasteiger partial charge in [0, 0.05) is 21.2 Å². The maximum absolute atomic E-state index is 12.7. The fraction of sp³-hybridized carbons (Fsp3) is 0.182. The monoisotopic (exact) mass is 620 g/mol. The Morgan fingerprint density at radius 2 is 1.49 bits per heavy atom. The van der Waals surface area contributed by atoms with Crippen LogP contribution in [0.5, 0.6) is 23.0 Å². The van der Waals surface area contributed by atoms with Crippen molar-refractivity contribution < 1.29 is 28.5 Å². The molecule has 0 spiro atoms. The molecule has 8 nitrogen and oxygen atoms in total. The lowest BCUT2D eigenvalue weighted by Crippen LogP contribution is -2.17. The Morgan fingerprint density at radius 1 is 0.791 bits per heavy atom. The quantitative estimate of drug-likeness (QED) is 0.0710. The van der Waals surface area contributed by atoms with E-state index in [-0.39, 0.29) is 12.4 Å². The van der Waals surface area contributed by atoms with Crippen molar-refractivity contribution in [3.8, 4) is 23.0 Å². The molecule has 4 aromatic rings. The lowest BCUT2D eigenvalue weighted by molar-refractivity contribution is 0.0728. The molecule has 0 radical (unpaired) electrons. The maximum Gasteiger partial charge on any atom is 0.343 e. The molecule has 0 saturated carbocycles. The number of hydrazone groups is 1. The van der Waals surface area contributed by atoms with Gasteiger partial charge in [0.15, 0.2) is 11.5 Å². The molecule has 4 aromatic carbocycles. The Morgan fingerprint density at radius 3 is 2.16 bits per heavy atom. The van der Waals surface area contributed by atoms with Gasteiger partial charge in [0.25, 0.3) is 5.91 Å². The standard InChI is InChI=1S/C33H30Cl2N2O6/c1-3-17-41-27-14-9-24(10-15-27)33(39)43-30-16-5-22(18-31(30)40-4-2)20-36-37-32(38)23-7-12-28(13-8-23)42-21-25-6-11-26(34)19-29(25)35/h5-16,18-20H,3-4,17,21H2,1-2H3,(H,37,38)/b36-20-. The van der Waals surface area contributed by atoms with E-state index < -0.39 is 11.9 Å². The topological polar surface area (TPSA) is 95.5 Å². The van der Waals surface area contributed by atoms with Crippen LogP contribution in [0, 0.1) is 0 Å². The highest BCUT2D eigenvalue weighted by molar-refractivity contribution is 6.35. The summed E-state index contributed by atoms with van der Waals surface area (Å²) in [6, 6.07) is 23.6. The molecule has 0 saturated heterocycles. The Hall–Kier alpha value is -4.53. The average Bonchev–Trinajstić information content (AvgIpc) is 3.01. The third-order valence-electron chi connectivity index (χ3n) is 5.94. The van der Waals surface area contributed by atoms with Gasteiger partial charge in [-0.25, -0.2) is 10.2 Å². The van der Waals surface area contributed by atoms with E-state index in [2.05, 4.69) is 10.5 Å². The molecule has 0 fully saturated rings. The third-order valence-corrected chi connectivity index (χ3v) is 6.53. The molecule has 1 N–H and O–H groups in total. The first-order chi connectivity index (χ1) is 20.9. The predicted octanol–water partition coefficient (Wildman–Crippen LogP) is 7.74. The average molecular weight is 622 g/mol. The molecule has 0 aromatic heterocycles. The Kier molecular flexibility index (Phi) is 11.4. The summed E-state index contributed by atoms with van der Waals surface area (Å²) in [5.74, 6) is 0.969. The van der Waals surface area contributed by atoms with Crippen molar-refractivity contribution in [2.75, 3.05) is 13.2 Å². The van der Waals surface area contributed by atoms with Crippen molar-refractivity contribution in [3.63, 3.8) is 0 Å². The Bertz CT molecular complexity index is 1570. The second-order valence-corrected chi connectivity index (χ2v) is 9.99. The number of esters is 1. The van der Waals surface area contributed by atoms with Crippen molar-refractivity contribution in [2.45, 2.75) is 26.9 Å². The van der Waals surface area contributed by atoms with Crippen LogP contribution in [-0.4, -0.2) is 31.3 Å². The second-order valence-electron chi connectivity index (χ2n) is 9.15. The maximum atomic E-state index is 12.7. The van der Waals surface area contributed by atoms with E-state index in [1.807, 2.05) is 13.8 Å². The molecule has 43 heavy (non-hydrogen) atoms. The van der Waals surface area contributed by atoms with Gasteiger partial charge in [0.2, 0.25) is 0 Å². The van der Waals surface area contributed by atoms with Crippen LogP contribution in [0.2, 0.25) is 10.0 Å². The second kappa shape index (κ2) is 15.6. The minimum atomic E-state index is -0.526. The summed E-state index contributed by atoms with van der Waals surface area (Å²) in [7, 11) is 0. The number of benzene rings is 4. The summed E-state index contributed by atoms with van der Waals surface area (Å²) < 4.78 is 22.6. The normalized spacial score (nSPS) is 10.8. The molecular formula is C33H30Cl2N2O6. The zero-order valence-electron chi connectivity index (χ0n) is 23.6. The van der Waals surface area contributed by atoms with Crippen LogP contribution in [0.4, 0.5) is 0 Å². The lowest BCUT2D eigenvalue weighted by atomic mass is 10.2. The number of nitrogens with zero attached hydrogens (tertiary/aromatic N) is 1. The molecule has 0 bridgehead atoms. The predicted molar refractivity (Wildman–Crippen MR) is 167 cm³/mol. The fourth-order valence-electron chi connectivity index (χ4n) is 3.76. The smallest absolute Gasteiger partial charge is 0.343 e. The first-order valence-corrected chi connectivity index (χ1v) is 14.3. The van der Waals surface area contributed by atoms with E-state index >= 15 is 0 Å². The summed E-state index contributed by atoms with van der Waals surface area (Å²) in [6.45, 7) is 5.07. The van der Waals surface area contributed by atoms with Crippen molar-refractivity contribution in [2.24, 2.45) is 5.10 Å². The van der Waals surface area contributed by atoms with Crippen molar-refractivity contribution >= 4 is 41.3 Å². The number of nitrogens with one attached hydrogen (secondary N) is 1. The minimum absolute atomic E-state index is 0.259. The van der Waals surface area contributed by atoms with Crippen LogP contribution in [0.1, 0.15) is 52.1 Å². The van der Waals surface area contributed by atoms with Crippen molar-refractivity contribution in [1.29, 1.82) is 0 Å². The van der Waals surface area contributed by atoms with Crippen molar-refractivity contribution in [3.05, 3.63) is 117 Å². The summed E-state index contributed by atoms with van der Waals surface area (Å²) in [5.41, 5.74) is 4.70. The number of hydrogen-bond donors (Lipinski definition) is 1. The van der Waals surface area contributed by atoms with Crippen LogP contribution in [0.15, 0.2) is 90.0 Å². The third kappa shape index (κ3) is 9.23. The number of hydrogen-bond acceptors (Lipinski definition) is 7. The van der Waals surface area contributed by atoms with Gasteiger partial charge in [-0.2, -0.15) is 5.10 Å². The van der Waals surface area contributed by atoms with Crippen LogP contribution < -0.4 is 24.4 Å². The highest BCUT2D eigenvalue weighted by atomic mass is 35.5. The van der Waals surface area contributed by atoms with E-state index in [1.54, 1.807) is 84.9 Å². The first kappa shape index (κ1) is 31.4. The SMILES string of the molecule is CCCOc1ccc(C(=O)Oc2ccc(/C=N\NC(=O)c3ccc(OCc4ccc(Cl)cc4Cl)cc3)cc2OCC)cc1. The molecule has 0 aliphatic heterocycles. The number of halogens is 2. The van der Waals surface area contributed by atoms with Gasteiger partial charge in [-0.1, -0.05) is 36.2 Å². The van der Waals surface area contributed by atoms with E-state index in [9.17, 15) is 9.59 Å². The molecule has 0 heterocycles. The van der Waals surface area contributed by atoms with Crippen LogP contribution in [-0.2, 0) is 6.61 Å². The number of carbonyl (C=O) groups is 2. The highest BCUT2D eigenvalue weighted by Gasteiger charge is 2.14. The summed E-state index contributed by atoms with van der Waals surface area (Å²) in [4.78, 5) is 25.3. The molecular weight excluding hydrogens is 591 g/mol. The van der Waals surface area contributed by atoms with Gasteiger partial charge in [-0.15, -0.1) is 0 Å². The van der Waals surface area contributed by atoms with Crippen molar-refractivity contribution in [1.82, 2.24) is 5.43 Å². The molecule has 4 rings (SSSR count). The van der Waals surface area contributed by atoms with Gasteiger partial charge < -0.3 is 18.9 Å².